The van der Waals surface area contributed by atoms with Crippen molar-refractivity contribution in [2.45, 2.75) is 12.8 Å². The molecule has 1 amide bonds. The van der Waals surface area contributed by atoms with Crippen LogP contribution in [0.15, 0.2) is 55.2 Å². The number of carbonyl (C=O) groups is 1. The second-order valence-electron chi connectivity index (χ2n) is 6.27. The molecule has 1 aliphatic heterocycles. The zero-order valence-corrected chi connectivity index (χ0v) is 13.3. The van der Waals surface area contributed by atoms with Gasteiger partial charge in [0.25, 0.3) is 5.91 Å². The molecule has 3 aromatic rings. The topological polar surface area (TPSA) is 59.0 Å². The predicted molar refractivity (Wildman–Crippen MR) is 91.5 cm³/mol. The minimum absolute atomic E-state index is 0.0229. The van der Waals surface area contributed by atoms with Crippen LogP contribution in [0.2, 0.25) is 0 Å². The van der Waals surface area contributed by atoms with Crippen molar-refractivity contribution in [3.05, 3.63) is 66.4 Å². The number of pyridine rings is 1. The summed E-state index contributed by atoms with van der Waals surface area (Å²) in [6.45, 7) is 1.57. The lowest BCUT2D eigenvalue weighted by molar-refractivity contribution is 0.0786. The van der Waals surface area contributed by atoms with E-state index in [0.29, 0.717) is 11.5 Å². The highest BCUT2D eigenvalue weighted by Gasteiger charge is 2.27. The Bertz CT molecular complexity index is 865. The molecule has 0 radical (unpaired) electrons. The molecule has 0 saturated carbocycles. The highest BCUT2D eigenvalue weighted by molar-refractivity contribution is 5.93. The number of amides is 1. The van der Waals surface area contributed by atoms with E-state index in [-0.39, 0.29) is 5.91 Å². The van der Waals surface area contributed by atoms with Crippen LogP contribution in [0.25, 0.3) is 10.9 Å². The Hall–Kier alpha value is -2.82. The fourth-order valence-electron chi connectivity index (χ4n) is 3.34. The van der Waals surface area contributed by atoms with Crippen LogP contribution >= 0.6 is 0 Å². The molecule has 4 rings (SSSR count). The Morgan fingerprint density at radius 1 is 1.17 bits per heavy atom. The Morgan fingerprint density at radius 3 is 2.88 bits per heavy atom. The largest absolute Gasteiger partial charge is 0.338 e. The summed E-state index contributed by atoms with van der Waals surface area (Å²) in [4.78, 5) is 26.7. The third-order valence-electron chi connectivity index (χ3n) is 4.55. The monoisotopic (exact) mass is 318 g/mol. The SMILES string of the molecule is O=C(c1cncnc1)N1CC[C@@H](Cc2cnc3ccccc3c2)C1. The van der Waals surface area contributed by atoms with Crippen LogP contribution in [0.5, 0.6) is 0 Å². The van der Waals surface area contributed by atoms with Gasteiger partial charge in [0, 0.05) is 37.1 Å². The summed E-state index contributed by atoms with van der Waals surface area (Å²) in [6.07, 6.45) is 8.53. The average molecular weight is 318 g/mol. The zero-order chi connectivity index (χ0) is 16.4. The maximum Gasteiger partial charge on any atom is 0.256 e. The molecule has 1 aromatic carbocycles. The van der Waals surface area contributed by atoms with E-state index in [1.54, 1.807) is 12.4 Å². The summed E-state index contributed by atoms with van der Waals surface area (Å²) in [5, 5.41) is 1.17. The lowest BCUT2D eigenvalue weighted by atomic mass is 9.99. The Labute approximate surface area is 140 Å². The van der Waals surface area contributed by atoms with Gasteiger partial charge in [-0.2, -0.15) is 0 Å². The van der Waals surface area contributed by atoms with Gasteiger partial charge < -0.3 is 4.90 Å². The van der Waals surface area contributed by atoms with E-state index in [2.05, 4.69) is 27.1 Å². The summed E-state index contributed by atoms with van der Waals surface area (Å²) in [5.74, 6) is 0.497. The van der Waals surface area contributed by atoms with Crippen LogP contribution in [-0.4, -0.2) is 38.8 Å². The van der Waals surface area contributed by atoms with Gasteiger partial charge >= 0.3 is 0 Å². The number of fused-ring (bicyclic) bond motifs is 1. The van der Waals surface area contributed by atoms with Gasteiger partial charge in [0.2, 0.25) is 0 Å². The van der Waals surface area contributed by atoms with Crippen LogP contribution < -0.4 is 0 Å². The minimum Gasteiger partial charge on any atom is -0.338 e. The number of nitrogens with zero attached hydrogens (tertiary/aromatic N) is 4. The molecular formula is C19H18N4O. The van der Waals surface area contributed by atoms with Crippen molar-refractivity contribution in [2.24, 2.45) is 5.92 Å². The van der Waals surface area contributed by atoms with Crippen molar-refractivity contribution in [3.8, 4) is 0 Å². The van der Waals surface area contributed by atoms with E-state index in [9.17, 15) is 4.79 Å². The number of rotatable bonds is 3. The zero-order valence-electron chi connectivity index (χ0n) is 13.3. The summed E-state index contributed by atoms with van der Waals surface area (Å²) in [7, 11) is 0. The van der Waals surface area contributed by atoms with Crippen molar-refractivity contribution in [3.63, 3.8) is 0 Å². The highest BCUT2D eigenvalue weighted by Crippen LogP contribution is 2.23. The first-order valence-corrected chi connectivity index (χ1v) is 8.17. The van der Waals surface area contributed by atoms with Crippen LogP contribution in [0.3, 0.4) is 0 Å². The second kappa shape index (κ2) is 6.35. The maximum absolute atomic E-state index is 12.5. The van der Waals surface area contributed by atoms with Crippen LogP contribution in [0.4, 0.5) is 0 Å². The molecule has 24 heavy (non-hydrogen) atoms. The van der Waals surface area contributed by atoms with Gasteiger partial charge in [-0.1, -0.05) is 18.2 Å². The molecule has 0 N–H and O–H groups in total. The molecule has 1 fully saturated rings. The van der Waals surface area contributed by atoms with Gasteiger partial charge in [0.05, 0.1) is 11.1 Å². The lowest BCUT2D eigenvalue weighted by Gasteiger charge is -2.16. The Morgan fingerprint density at radius 2 is 2.00 bits per heavy atom. The van der Waals surface area contributed by atoms with Gasteiger partial charge in [0.1, 0.15) is 6.33 Å². The molecule has 5 nitrogen and oxygen atoms in total. The number of para-hydroxylation sites is 1. The number of likely N-dealkylation sites (tertiary alicyclic amines) is 1. The van der Waals surface area contributed by atoms with E-state index in [0.717, 1.165) is 31.4 Å². The molecule has 2 aromatic heterocycles. The molecule has 0 aliphatic carbocycles. The van der Waals surface area contributed by atoms with Gasteiger partial charge in [-0.3, -0.25) is 9.78 Å². The number of benzene rings is 1. The standard InChI is InChI=1S/C19H18N4O/c24-19(17-10-20-13-21-11-17)23-6-5-14(12-23)7-15-8-16-3-1-2-4-18(16)22-9-15/h1-4,8-11,13-14H,5-7,12H2/t14-/m0/s1. The third-order valence-corrected chi connectivity index (χ3v) is 4.55. The van der Waals surface area contributed by atoms with E-state index in [1.807, 2.05) is 29.3 Å². The van der Waals surface area contributed by atoms with Crippen molar-refractivity contribution in [1.29, 1.82) is 0 Å². The fraction of sp³-hybridized carbons (Fsp3) is 0.263. The molecule has 1 atom stereocenters. The molecule has 0 bridgehead atoms. The molecule has 0 spiro atoms. The van der Waals surface area contributed by atoms with Crippen LogP contribution in [0, 0.1) is 5.92 Å². The molecule has 1 aliphatic rings. The highest BCUT2D eigenvalue weighted by atomic mass is 16.2. The first-order chi connectivity index (χ1) is 11.8. The molecule has 0 unspecified atom stereocenters. The number of aromatic nitrogens is 3. The number of hydrogen-bond acceptors (Lipinski definition) is 4. The molecule has 5 heteroatoms. The normalized spacial score (nSPS) is 17.3. The second-order valence-corrected chi connectivity index (χ2v) is 6.27. The van der Waals surface area contributed by atoms with Gasteiger partial charge in [0.15, 0.2) is 0 Å². The Balaban J connectivity index is 1.44. The number of hydrogen-bond donors (Lipinski definition) is 0. The molecular weight excluding hydrogens is 300 g/mol. The van der Waals surface area contributed by atoms with Crippen molar-refractivity contribution in [1.82, 2.24) is 19.9 Å². The number of carbonyl (C=O) groups excluding carboxylic acids is 1. The van der Waals surface area contributed by atoms with E-state index >= 15 is 0 Å². The summed E-state index contributed by atoms with van der Waals surface area (Å²) in [6, 6.07) is 10.4. The first-order valence-electron chi connectivity index (χ1n) is 8.17. The lowest BCUT2D eigenvalue weighted by Crippen LogP contribution is -2.29. The average Bonchev–Trinajstić information content (AvgIpc) is 3.10. The van der Waals surface area contributed by atoms with Crippen LogP contribution in [0.1, 0.15) is 22.3 Å². The molecule has 3 heterocycles. The summed E-state index contributed by atoms with van der Waals surface area (Å²) in [5.41, 5.74) is 2.81. The van der Waals surface area contributed by atoms with Gasteiger partial charge in [-0.25, -0.2) is 9.97 Å². The van der Waals surface area contributed by atoms with Gasteiger partial charge in [-0.05, 0) is 36.5 Å². The van der Waals surface area contributed by atoms with Gasteiger partial charge in [-0.15, -0.1) is 0 Å². The summed E-state index contributed by atoms with van der Waals surface area (Å²) < 4.78 is 0. The summed E-state index contributed by atoms with van der Waals surface area (Å²) >= 11 is 0. The van der Waals surface area contributed by atoms with Crippen molar-refractivity contribution in [2.75, 3.05) is 13.1 Å². The smallest absolute Gasteiger partial charge is 0.256 e. The Kier molecular flexibility index (Phi) is 3.91. The molecule has 1 saturated heterocycles. The maximum atomic E-state index is 12.5. The first kappa shape index (κ1) is 14.8. The van der Waals surface area contributed by atoms with Crippen molar-refractivity contribution >= 4 is 16.8 Å². The quantitative estimate of drug-likeness (QED) is 0.745. The molecule has 120 valence electrons. The van der Waals surface area contributed by atoms with E-state index in [4.69, 9.17) is 0 Å². The minimum atomic E-state index is 0.0229. The van der Waals surface area contributed by atoms with Crippen LogP contribution in [-0.2, 0) is 6.42 Å². The van der Waals surface area contributed by atoms with E-state index < -0.39 is 0 Å². The van der Waals surface area contributed by atoms with E-state index in [1.165, 1.54) is 17.3 Å². The van der Waals surface area contributed by atoms with Crippen molar-refractivity contribution < 1.29 is 4.79 Å². The third kappa shape index (κ3) is 2.97. The fourth-order valence-corrected chi connectivity index (χ4v) is 3.34. The predicted octanol–water partition coefficient (Wildman–Crippen LogP) is 2.73.